The minimum absolute atomic E-state index is 0.310. The van der Waals surface area contributed by atoms with Gasteiger partial charge < -0.3 is 9.80 Å². The second kappa shape index (κ2) is 7.40. The van der Waals surface area contributed by atoms with Gasteiger partial charge in [0.2, 0.25) is 0 Å². The van der Waals surface area contributed by atoms with Crippen LogP contribution in [0.1, 0.15) is 39.0 Å². The van der Waals surface area contributed by atoms with Crippen molar-refractivity contribution in [2.75, 3.05) is 46.3 Å². The molecule has 0 spiro atoms. The topological polar surface area (TPSA) is 42.3 Å². The van der Waals surface area contributed by atoms with Crippen LogP contribution in [0.2, 0.25) is 0 Å². The van der Waals surface area contributed by atoms with Crippen molar-refractivity contribution < 1.29 is 0 Å². The van der Waals surface area contributed by atoms with Crippen LogP contribution < -0.4 is 5.32 Å². The molecule has 20 heavy (non-hydrogen) atoms. The van der Waals surface area contributed by atoms with E-state index in [-0.39, 0.29) is 5.54 Å². The third-order valence-corrected chi connectivity index (χ3v) is 4.68. The Balaban J connectivity index is 1.81. The van der Waals surface area contributed by atoms with Crippen LogP contribution in [-0.2, 0) is 0 Å². The highest BCUT2D eigenvalue weighted by atomic mass is 15.2. The Morgan fingerprint density at radius 3 is 2.60 bits per heavy atom. The van der Waals surface area contributed by atoms with E-state index in [9.17, 15) is 5.26 Å². The summed E-state index contributed by atoms with van der Waals surface area (Å²) in [4.78, 5) is 4.89. The molecule has 1 heterocycles. The summed E-state index contributed by atoms with van der Waals surface area (Å²) in [5.41, 5.74) is -0.310. The van der Waals surface area contributed by atoms with Crippen LogP contribution in [0.4, 0.5) is 0 Å². The predicted molar refractivity (Wildman–Crippen MR) is 82.5 cm³/mol. The van der Waals surface area contributed by atoms with Crippen LogP contribution in [0.15, 0.2) is 0 Å². The first-order chi connectivity index (χ1) is 9.70. The second-order valence-corrected chi connectivity index (χ2v) is 6.57. The van der Waals surface area contributed by atoms with Gasteiger partial charge in [-0.3, -0.25) is 5.32 Å². The summed E-state index contributed by atoms with van der Waals surface area (Å²) in [5.74, 6) is 0.563. The van der Waals surface area contributed by atoms with Crippen LogP contribution >= 0.6 is 0 Å². The van der Waals surface area contributed by atoms with Gasteiger partial charge >= 0.3 is 0 Å². The average Bonchev–Trinajstić information content (AvgIpc) is 3.18. The first-order valence-electron chi connectivity index (χ1n) is 8.27. The van der Waals surface area contributed by atoms with Gasteiger partial charge in [0, 0.05) is 19.6 Å². The molecule has 2 fully saturated rings. The van der Waals surface area contributed by atoms with E-state index in [1.807, 2.05) is 0 Å². The summed E-state index contributed by atoms with van der Waals surface area (Å²) >= 11 is 0. The molecule has 0 bridgehead atoms. The van der Waals surface area contributed by atoms with Gasteiger partial charge in [0.05, 0.1) is 6.07 Å². The maximum absolute atomic E-state index is 9.69. The predicted octanol–water partition coefficient (Wildman–Crippen LogP) is 1.69. The lowest BCUT2D eigenvalue weighted by Gasteiger charge is -2.33. The highest BCUT2D eigenvalue weighted by molar-refractivity contribution is 5.16. The molecule has 4 heteroatoms. The third-order valence-electron chi connectivity index (χ3n) is 4.68. The molecule has 0 aromatic rings. The molecule has 1 aliphatic heterocycles. The minimum Gasteiger partial charge on any atom is -0.302 e. The molecule has 0 aromatic carbocycles. The van der Waals surface area contributed by atoms with E-state index in [4.69, 9.17) is 0 Å². The zero-order valence-corrected chi connectivity index (χ0v) is 13.2. The minimum atomic E-state index is -0.310. The van der Waals surface area contributed by atoms with E-state index in [0.717, 1.165) is 32.6 Å². The fraction of sp³-hybridized carbons (Fsp3) is 0.938. The van der Waals surface area contributed by atoms with Gasteiger partial charge in [-0.15, -0.1) is 0 Å². The van der Waals surface area contributed by atoms with Crippen LogP contribution in [0.25, 0.3) is 0 Å². The van der Waals surface area contributed by atoms with Crippen molar-refractivity contribution in [2.24, 2.45) is 5.92 Å². The SMILES string of the molecule is CCCNC(C#N)(CN(C)CCN1CCCC1)C1CC1. The molecule has 1 saturated carbocycles. The molecule has 1 N–H and O–H groups in total. The molecule has 0 radical (unpaired) electrons. The first kappa shape index (κ1) is 15.8. The van der Waals surface area contributed by atoms with Crippen molar-refractivity contribution in [3.8, 4) is 6.07 Å². The number of likely N-dealkylation sites (tertiary alicyclic amines) is 1. The maximum atomic E-state index is 9.69. The zero-order chi connectivity index (χ0) is 14.4. The number of nitrogens with one attached hydrogen (secondary N) is 1. The molecular formula is C16H30N4. The molecule has 2 rings (SSSR count). The van der Waals surface area contributed by atoms with Crippen molar-refractivity contribution in [1.29, 1.82) is 5.26 Å². The van der Waals surface area contributed by atoms with Crippen molar-refractivity contribution in [3.63, 3.8) is 0 Å². The van der Waals surface area contributed by atoms with Crippen molar-refractivity contribution in [1.82, 2.24) is 15.1 Å². The summed E-state index contributed by atoms with van der Waals surface area (Å²) in [6.07, 6.45) is 6.22. The monoisotopic (exact) mass is 278 g/mol. The fourth-order valence-electron chi connectivity index (χ4n) is 3.24. The van der Waals surface area contributed by atoms with Gasteiger partial charge in [-0.05, 0) is 64.7 Å². The van der Waals surface area contributed by atoms with Crippen LogP contribution in [0.3, 0.4) is 0 Å². The normalized spacial score (nSPS) is 22.9. The van der Waals surface area contributed by atoms with Gasteiger partial charge in [-0.2, -0.15) is 5.26 Å². The van der Waals surface area contributed by atoms with Gasteiger partial charge in [0.1, 0.15) is 5.54 Å². The third kappa shape index (κ3) is 4.18. The molecule has 4 nitrogen and oxygen atoms in total. The van der Waals surface area contributed by atoms with Gasteiger partial charge in [-0.25, -0.2) is 0 Å². The number of hydrogen-bond acceptors (Lipinski definition) is 4. The Kier molecular flexibility index (Phi) is 5.83. The number of likely N-dealkylation sites (N-methyl/N-ethyl adjacent to an activating group) is 1. The lowest BCUT2D eigenvalue weighted by molar-refractivity contribution is 0.202. The van der Waals surface area contributed by atoms with Gasteiger partial charge in [0.15, 0.2) is 0 Å². The Morgan fingerprint density at radius 1 is 1.35 bits per heavy atom. The highest BCUT2D eigenvalue weighted by Gasteiger charge is 2.45. The van der Waals surface area contributed by atoms with Crippen LogP contribution in [0, 0.1) is 17.2 Å². The Morgan fingerprint density at radius 2 is 2.05 bits per heavy atom. The van der Waals surface area contributed by atoms with E-state index >= 15 is 0 Å². The molecule has 1 saturated heterocycles. The second-order valence-electron chi connectivity index (χ2n) is 6.57. The number of rotatable bonds is 9. The smallest absolute Gasteiger partial charge is 0.122 e. The van der Waals surface area contributed by atoms with E-state index in [1.165, 1.54) is 38.8 Å². The molecule has 1 aliphatic carbocycles. The van der Waals surface area contributed by atoms with E-state index < -0.39 is 0 Å². The summed E-state index contributed by atoms with van der Waals surface area (Å²) in [7, 11) is 2.16. The number of nitrogens with zero attached hydrogens (tertiary/aromatic N) is 3. The van der Waals surface area contributed by atoms with Crippen LogP contribution in [-0.4, -0.2) is 61.7 Å². The maximum Gasteiger partial charge on any atom is 0.122 e. The Labute approximate surface area is 124 Å². The Bertz CT molecular complexity index is 328. The van der Waals surface area contributed by atoms with E-state index in [2.05, 4.69) is 35.2 Å². The van der Waals surface area contributed by atoms with Crippen molar-refractivity contribution in [3.05, 3.63) is 0 Å². The first-order valence-corrected chi connectivity index (χ1v) is 8.27. The quantitative estimate of drug-likeness (QED) is 0.697. The van der Waals surface area contributed by atoms with E-state index in [0.29, 0.717) is 5.92 Å². The van der Waals surface area contributed by atoms with Gasteiger partial charge in [-0.1, -0.05) is 6.92 Å². The summed E-state index contributed by atoms with van der Waals surface area (Å²) in [6.45, 7) is 8.72. The molecule has 0 aromatic heterocycles. The Hall–Kier alpha value is -0.630. The molecule has 114 valence electrons. The fourth-order valence-corrected chi connectivity index (χ4v) is 3.24. The molecule has 2 aliphatic rings. The zero-order valence-electron chi connectivity index (χ0n) is 13.2. The molecule has 1 unspecified atom stereocenters. The van der Waals surface area contributed by atoms with Crippen molar-refractivity contribution in [2.45, 2.75) is 44.6 Å². The van der Waals surface area contributed by atoms with Gasteiger partial charge in [0.25, 0.3) is 0 Å². The highest BCUT2D eigenvalue weighted by Crippen LogP contribution is 2.39. The average molecular weight is 278 g/mol. The molecule has 0 amide bonds. The summed E-state index contributed by atoms with van der Waals surface area (Å²) in [6, 6.07) is 2.60. The lowest BCUT2D eigenvalue weighted by atomic mass is 9.94. The molecular weight excluding hydrogens is 248 g/mol. The largest absolute Gasteiger partial charge is 0.302 e. The number of nitriles is 1. The summed E-state index contributed by atoms with van der Waals surface area (Å²) in [5, 5.41) is 13.2. The van der Waals surface area contributed by atoms with E-state index in [1.54, 1.807) is 0 Å². The molecule has 1 atom stereocenters. The van der Waals surface area contributed by atoms with Crippen molar-refractivity contribution >= 4 is 0 Å². The standard InChI is InChI=1S/C16H30N4/c1-3-8-18-16(13-17,15-6-7-15)14-19(2)11-12-20-9-4-5-10-20/h15,18H,3-12,14H2,1-2H3. The lowest BCUT2D eigenvalue weighted by Crippen LogP contribution is -2.54. The number of hydrogen-bond donors (Lipinski definition) is 1. The van der Waals surface area contributed by atoms with Crippen LogP contribution in [0.5, 0.6) is 0 Å². The summed E-state index contributed by atoms with van der Waals surface area (Å²) < 4.78 is 0.